The zero-order chi connectivity index (χ0) is 5.86. The van der Waals surface area contributed by atoms with Gasteiger partial charge in [-0.1, -0.05) is 0 Å². The number of hydrogen-bond acceptors (Lipinski definition) is 1. The van der Waals surface area contributed by atoms with Crippen LogP contribution in [-0.4, -0.2) is 23.3 Å². The van der Waals surface area contributed by atoms with Gasteiger partial charge in [-0.2, -0.15) is 0 Å². The Morgan fingerprint density at radius 2 is 2.29 bits per heavy atom. The number of rotatable bonds is 1. The maximum Gasteiger partial charge on any atom is 0.317 e. The van der Waals surface area contributed by atoms with Gasteiger partial charge in [0.15, 0.2) is 0 Å². The smallest absolute Gasteiger partial charge is 0.317 e. The predicted molar refractivity (Wildman–Crippen MR) is 29.7 cm³/mol. The van der Waals surface area contributed by atoms with E-state index in [0.717, 1.165) is 0 Å². The fraction of sp³-hybridized carbons (Fsp3) is 0.667. The number of nitrogens with zero attached hydrogens (tertiary/aromatic N) is 1. The topological polar surface area (TPSA) is 20.3 Å². The van der Waals surface area contributed by atoms with Crippen molar-refractivity contribution >= 4 is 28.6 Å². The van der Waals surface area contributed by atoms with Gasteiger partial charge in [0.05, 0.1) is 6.00 Å². The van der Waals surface area contributed by atoms with E-state index in [-0.39, 0.29) is 6.00 Å². The van der Waals surface area contributed by atoms with Crippen molar-refractivity contribution in [1.29, 1.82) is 0 Å². The summed E-state index contributed by atoms with van der Waals surface area (Å²) >= 11 is 10.1. The van der Waals surface area contributed by atoms with Gasteiger partial charge in [-0.3, -0.25) is 4.79 Å². The molecule has 1 amide bonds. The molecule has 0 unspecified atom stereocenters. The van der Waals surface area contributed by atoms with Crippen molar-refractivity contribution in [2.75, 3.05) is 13.1 Å². The average molecular weight is 142 g/mol. The minimum Gasteiger partial charge on any atom is -0.319 e. The molecule has 0 saturated carbocycles. The molecule has 0 saturated heterocycles. The lowest BCUT2D eigenvalue weighted by atomic mass is 11.0. The second-order valence-corrected chi connectivity index (χ2v) is 1.63. The molecule has 4 heteroatoms. The van der Waals surface area contributed by atoms with Gasteiger partial charge >= 0.3 is 5.37 Å². The predicted octanol–water partition coefficient (Wildman–Crippen LogP) is 1.47. The minimum atomic E-state index is -0.532. The van der Waals surface area contributed by atoms with E-state index in [1.807, 2.05) is 0 Å². The normalized spacial score (nSPS) is 8.43. The van der Waals surface area contributed by atoms with Crippen LogP contribution in [0.1, 0.15) is 0 Å². The molecule has 42 valence electrons. The Balaban J connectivity index is 3.34. The highest BCUT2D eigenvalue weighted by Gasteiger charge is 1.98. The molecular weight excluding hydrogens is 137 g/mol. The van der Waals surface area contributed by atoms with Gasteiger partial charge in [-0.25, -0.2) is 0 Å². The lowest BCUT2D eigenvalue weighted by Crippen LogP contribution is -2.18. The number of alkyl halides is 1. The van der Waals surface area contributed by atoms with E-state index in [0.29, 0.717) is 0 Å². The molecule has 0 aromatic heterocycles. The van der Waals surface area contributed by atoms with E-state index in [4.69, 9.17) is 23.2 Å². The third-order valence-corrected chi connectivity index (χ3v) is 1.13. The molecule has 0 spiro atoms. The van der Waals surface area contributed by atoms with Crippen molar-refractivity contribution < 1.29 is 4.79 Å². The van der Waals surface area contributed by atoms with Gasteiger partial charge in [-0.05, 0) is 11.6 Å². The van der Waals surface area contributed by atoms with Gasteiger partial charge in [0, 0.05) is 7.05 Å². The highest BCUT2D eigenvalue weighted by molar-refractivity contribution is 6.63. The summed E-state index contributed by atoms with van der Waals surface area (Å²) in [5, 5.41) is -0.532. The Morgan fingerprint density at radius 3 is 2.29 bits per heavy atom. The van der Waals surface area contributed by atoms with Crippen LogP contribution in [0.2, 0.25) is 0 Å². The van der Waals surface area contributed by atoms with Crippen molar-refractivity contribution in [3.63, 3.8) is 0 Å². The van der Waals surface area contributed by atoms with Gasteiger partial charge in [0.25, 0.3) is 0 Å². The Hall–Kier alpha value is 0.0500. The first-order valence-corrected chi connectivity index (χ1v) is 2.56. The van der Waals surface area contributed by atoms with Crippen LogP contribution in [0.25, 0.3) is 0 Å². The van der Waals surface area contributed by atoms with E-state index < -0.39 is 5.37 Å². The quantitative estimate of drug-likeness (QED) is 0.308. The molecule has 2 nitrogen and oxygen atoms in total. The van der Waals surface area contributed by atoms with E-state index in [9.17, 15) is 4.79 Å². The maximum atomic E-state index is 9.98. The monoisotopic (exact) mass is 141 g/mol. The summed E-state index contributed by atoms with van der Waals surface area (Å²) in [5.74, 6) is 0. The zero-order valence-corrected chi connectivity index (χ0v) is 5.33. The lowest BCUT2D eigenvalue weighted by molar-refractivity contribution is 0.238. The first-order valence-electron chi connectivity index (χ1n) is 1.65. The van der Waals surface area contributed by atoms with Crippen LogP contribution in [0.5, 0.6) is 0 Å². The van der Waals surface area contributed by atoms with Crippen molar-refractivity contribution in [2.45, 2.75) is 0 Å². The van der Waals surface area contributed by atoms with Crippen molar-refractivity contribution in [3.05, 3.63) is 0 Å². The molecule has 0 aromatic carbocycles. The highest BCUT2D eigenvalue weighted by atomic mass is 35.5. The second-order valence-electron chi connectivity index (χ2n) is 1.07. The number of amides is 1. The summed E-state index contributed by atoms with van der Waals surface area (Å²) in [6, 6.07) is 0.141. The van der Waals surface area contributed by atoms with Crippen molar-refractivity contribution in [3.8, 4) is 0 Å². The number of carbonyl (C=O) groups is 1. The molecule has 0 aliphatic rings. The summed E-state index contributed by atoms with van der Waals surface area (Å²) in [7, 11) is 1.52. The van der Waals surface area contributed by atoms with Crippen molar-refractivity contribution in [1.82, 2.24) is 4.90 Å². The molecule has 0 aliphatic carbocycles. The fourth-order valence-corrected chi connectivity index (χ4v) is 0.276. The molecule has 0 atom stereocenters. The molecule has 0 rings (SSSR count). The van der Waals surface area contributed by atoms with Crippen molar-refractivity contribution in [2.24, 2.45) is 0 Å². The summed E-state index contributed by atoms with van der Waals surface area (Å²) in [5.41, 5.74) is 0. The van der Waals surface area contributed by atoms with Gasteiger partial charge < -0.3 is 4.90 Å². The lowest BCUT2D eigenvalue weighted by Gasteiger charge is -2.05. The number of carbonyl (C=O) groups excluding carboxylic acids is 1. The Bertz CT molecular complexity index is 75.3. The van der Waals surface area contributed by atoms with E-state index >= 15 is 0 Å². The van der Waals surface area contributed by atoms with Crippen LogP contribution in [0.15, 0.2) is 0 Å². The van der Waals surface area contributed by atoms with Crippen LogP contribution < -0.4 is 0 Å². The Labute approximate surface area is 52.0 Å². The number of hydrogen-bond donors (Lipinski definition) is 0. The average Bonchev–Trinajstić information content (AvgIpc) is 1.65. The van der Waals surface area contributed by atoms with E-state index in [1.165, 1.54) is 11.9 Å². The van der Waals surface area contributed by atoms with Gasteiger partial charge in [-0.15, -0.1) is 11.6 Å². The molecule has 7 heavy (non-hydrogen) atoms. The molecule has 0 radical (unpaired) electrons. The second kappa shape index (κ2) is 3.10. The first kappa shape index (κ1) is 7.05. The van der Waals surface area contributed by atoms with E-state index in [2.05, 4.69) is 0 Å². The molecule has 0 aromatic rings. The summed E-state index contributed by atoms with van der Waals surface area (Å²) in [4.78, 5) is 11.2. The largest absolute Gasteiger partial charge is 0.319 e. The third-order valence-electron chi connectivity index (χ3n) is 0.479. The zero-order valence-electron chi connectivity index (χ0n) is 3.82. The molecular formula is C3H5Cl2NO. The van der Waals surface area contributed by atoms with Gasteiger partial charge in [0.2, 0.25) is 0 Å². The molecule has 0 bridgehead atoms. The summed E-state index contributed by atoms with van der Waals surface area (Å²) in [6.45, 7) is 0. The summed E-state index contributed by atoms with van der Waals surface area (Å²) < 4.78 is 0. The standard InChI is InChI=1S/C3H5Cl2NO/c1-6(2-4)3(5)7/h2H2,1H3. The fourth-order valence-electron chi connectivity index (χ4n) is 0.0470. The molecule has 0 fully saturated rings. The van der Waals surface area contributed by atoms with Gasteiger partial charge in [0.1, 0.15) is 0 Å². The molecule has 0 N–H and O–H groups in total. The minimum absolute atomic E-state index is 0.141. The highest BCUT2D eigenvalue weighted by Crippen LogP contribution is 1.91. The molecule has 0 aliphatic heterocycles. The Morgan fingerprint density at radius 1 is 1.86 bits per heavy atom. The SMILES string of the molecule is CN(CCl)C(=O)Cl. The third kappa shape index (κ3) is 2.71. The number of halogens is 2. The molecule has 0 heterocycles. The van der Waals surface area contributed by atoms with Crippen LogP contribution >= 0.6 is 23.2 Å². The van der Waals surface area contributed by atoms with Crippen LogP contribution in [0.3, 0.4) is 0 Å². The Kier molecular flexibility index (Phi) is 3.13. The van der Waals surface area contributed by atoms with Crippen LogP contribution in [0.4, 0.5) is 4.79 Å². The van der Waals surface area contributed by atoms with E-state index in [1.54, 1.807) is 0 Å². The summed E-state index contributed by atoms with van der Waals surface area (Å²) in [6.07, 6.45) is 0. The maximum absolute atomic E-state index is 9.98. The van der Waals surface area contributed by atoms with Crippen LogP contribution in [-0.2, 0) is 0 Å². The van der Waals surface area contributed by atoms with Crippen LogP contribution in [0, 0.1) is 0 Å². The first-order chi connectivity index (χ1) is 3.18.